The Kier molecular flexibility index (Phi) is 8.20. The molecule has 0 N–H and O–H groups in total. The first-order chi connectivity index (χ1) is 15.7. The van der Waals surface area contributed by atoms with Crippen LogP contribution in [0.1, 0.15) is 48.0 Å². The van der Waals surface area contributed by atoms with E-state index in [1.807, 2.05) is 0 Å². The van der Waals surface area contributed by atoms with Crippen LogP contribution in [0.25, 0.3) is 0 Å². The van der Waals surface area contributed by atoms with E-state index in [1.54, 1.807) is 0 Å². The smallest absolute Gasteiger partial charge is 0.261 e. The standard InChI is InChI=1S/C28H41BrO3Si2/c1-27(2,3)33(7,8)31-20-23-25(19-24(30)26(23)29)32-34(28(4,5)6,21-15-11-9-12-16-21)22-17-13-10-14-18-22/h9-18,23,25-26H,19-20H2,1-8H3/t23-,25-,26+/m0/s1. The summed E-state index contributed by atoms with van der Waals surface area (Å²) in [5, 5.41) is 2.46. The van der Waals surface area contributed by atoms with Gasteiger partial charge in [-0.05, 0) is 33.5 Å². The lowest BCUT2D eigenvalue weighted by Gasteiger charge is -2.46. The van der Waals surface area contributed by atoms with Crippen LogP contribution in [-0.4, -0.2) is 40.0 Å². The van der Waals surface area contributed by atoms with Crippen LogP contribution in [0, 0.1) is 5.92 Å². The third kappa shape index (κ3) is 5.36. The molecule has 6 heteroatoms. The number of hydrogen-bond donors (Lipinski definition) is 0. The maximum Gasteiger partial charge on any atom is 0.261 e. The van der Waals surface area contributed by atoms with Crippen molar-refractivity contribution in [1.29, 1.82) is 0 Å². The largest absolute Gasteiger partial charge is 0.416 e. The second-order valence-electron chi connectivity index (χ2n) is 12.1. The molecule has 0 radical (unpaired) electrons. The van der Waals surface area contributed by atoms with Crippen LogP contribution >= 0.6 is 15.9 Å². The molecular formula is C28H41BrO3Si2. The minimum atomic E-state index is -2.74. The van der Waals surface area contributed by atoms with Crippen molar-refractivity contribution in [2.24, 2.45) is 5.92 Å². The lowest BCUT2D eigenvalue weighted by Crippen LogP contribution is -2.68. The van der Waals surface area contributed by atoms with Crippen molar-refractivity contribution in [2.45, 2.75) is 82.1 Å². The van der Waals surface area contributed by atoms with Crippen LogP contribution in [-0.2, 0) is 13.6 Å². The number of ketones is 1. The van der Waals surface area contributed by atoms with E-state index in [9.17, 15) is 4.79 Å². The molecule has 0 amide bonds. The van der Waals surface area contributed by atoms with E-state index >= 15 is 0 Å². The second kappa shape index (κ2) is 10.1. The van der Waals surface area contributed by atoms with Crippen LogP contribution in [0.2, 0.25) is 23.2 Å². The number of alkyl halides is 1. The quantitative estimate of drug-likeness (QED) is 0.294. The van der Waals surface area contributed by atoms with Gasteiger partial charge in [-0.1, -0.05) is 118 Å². The van der Waals surface area contributed by atoms with Crippen LogP contribution in [0.15, 0.2) is 60.7 Å². The lowest BCUT2D eigenvalue weighted by molar-refractivity contribution is -0.117. The molecule has 0 aliphatic heterocycles. The van der Waals surface area contributed by atoms with Crippen molar-refractivity contribution in [3.63, 3.8) is 0 Å². The maximum absolute atomic E-state index is 13.0. The Hall–Kier alpha value is -1.06. The van der Waals surface area contributed by atoms with Crippen molar-refractivity contribution >= 4 is 48.7 Å². The summed E-state index contributed by atoms with van der Waals surface area (Å²) in [6, 6.07) is 21.3. The summed E-state index contributed by atoms with van der Waals surface area (Å²) >= 11 is 3.72. The van der Waals surface area contributed by atoms with E-state index < -0.39 is 16.6 Å². The highest BCUT2D eigenvalue weighted by atomic mass is 79.9. The number of Topliss-reactive ketones (excluding diaryl/α,β-unsaturated/α-hetero) is 1. The lowest BCUT2D eigenvalue weighted by atomic mass is 10.1. The highest BCUT2D eigenvalue weighted by Crippen LogP contribution is 2.43. The third-order valence-corrected chi connectivity index (χ3v) is 18.5. The summed E-state index contributed by atoms with van der Waals surface area (Å²) in [6.07, 6.45) is 0.235. The molecule has 3 rings (SSSR count). The summed E-state index contributed by atoms with van der Waals surface area (Å²) < 4.78 is 14.0. The molecule has 0 spiro atoms. The molecule has 3 atom stereocenters. The molecule has 1 aliphatic rings. The first kappa shape index (κ1) is 27.5. The summed E-state index contributed by atoms with van der Waals surface area (Å²) in [7, 11) is -4.70. The highest BCUT2D eigenvalue weighted by molar-refractivity contribution is 9.10. The predicted octanol–water partition coefficient (Wildman–Crippen LogP) is 6.31. The minimum absolute atomic E-state index is 0.0109. The van der Waals surface area contributed by atoms with Gasteiger partial charge in [0.05, 0.1) is 10.9 Å². The third-order valence-electron chi connectivity index (χ3n) is 7.75. The van der Waals surface area contributed by atoms with Crippen LogP contribution in [0.5, 0.6) is 0 Å². The van der Waals surface area contributed by atoms with Crippen LogP contribution in [0.3, 0.4) is 0 Å². The monoisotopic (exact) mass is 560 g/mol. The Morgan fingerprint density at radius 1 is 0.853 bits per heavy atom. The summed E-state index contributed by atoms with van der Waals surface area (Å²) in [5.74, 6) is 0.204. The zero-order valence-corrected chi connectivity index (χ0v) is 25.6. The van der Waals surface area contributed by atoms with E-state index in [2.05, 4.69) is 131 Å². The van der Waals surface area contributed by atoms with E-state index in [4.69, 9.17) is 8.85 Å². The molecular weight excluding hydrogens is 520 g/mol. The molecule has 1 fully saturated rings. The van der Waals surface area contributed by atoms with E-state index in [0.29, 0.717) is 13.0 Å². The first-order valence-corrected chi connectivity index (χ1v) is 18.0. The van der Waals surface area contributed by atoms with Gasteiger partial charge in [0.15, 0.2) is 8.32 Å². The number of carbonyl (C=O) groups is 1. The maximum atomic E-state index is 13.0. The van der Waals surface area contributed by atoms with Gasteiger partial charge in [0.25, 0.3) is 8.32 Å². The normalized spacial score (nSPS) is 22.3. The molecule has 0 aromatic heterocycles. The van der Waals surface area contributed by atoms with Gasteiger partial charge >= 0.3 is 0 Å². The molecule has 2 aromatic carbocycles. The molecule has 2 aromatic rings. The fraction of sp³-hybridized carbons (Fsp3) is 0.536. The zero-order valence-electron chi connectivity index (χ0n) is 22.0. The highest BCUT2D eigenvalue weighted by Gasteiger charge is 2.55. The molecule has 1 saturated carbocycles. The fourth-order valence-corrected chi connectivity index (χ4v) is 11.1. The van der Waals surface area contributed by atoms with Gasteiger partial charge in [-0.25, -0.2) is 0 Å². The van der Waals surface area contributed by atoms with Gasteiger partial charge in [0, 0.05) is 18.9 Å². The molecule has 0 saturated heterocycles. The Labute approximate surface area is 217 Å². The Bertz CT molecular complexity index is 925. The number of hydrogen-bond acceptors (Lipinski definition) is 3. The number of rotatable bonds is 7. The van der Waals surface area contributed by atoms with E-state index in [-0.39, 0.29) is 32.7 Å². The van der Waals surface area contributed by atoms with Gasteiger partial charge in [0.1, 0.15) is 5.78 Å². The van der Waals surface area contributed by atoms with Crippen LogP contribution in [0.4, 0.5) is 0 Å². The number of benzene rings is 2. The van der Waals surface area contributed by atoms with Gasteiger partial charge in [-0.15, -0.1) is 0 Å². The Balaban J connectivity index is 2.05. The van der Waals surface area contributed by atoms with Crippen molar-refractivity contribution in [3.8, 4) is 0 Å². The topological polar surface area (TPSA) is 35.5 Å². The van der Waals surface area contributed by atoms with Crippen molar-refractivity contribution < 1.29 is 13.6 Å². The van der Waals surface area contributed by atoms with Gasteiger partial charge in [-0.2, -0.15) is 0 Å². The van der Waals surface area contributed by atoms with Crippen molar-refractivity contribution in [2.75, 3.05) is 6.61 Å². The molecule has 0 bridgehead atoms. The summed E-state index contributed by atoms with van der Waals surface area (Å²) in [4.78, 5) is 12.7. The zero-order chi connectivity index (χ0) is 25.4. The minimum Gasteiger partial charge on any atom is -0.416 e. The number of carbonyl (C=O) groups excluding carboxylic acids is 1. The molecule has 0 heterocycles. The van der Waals surface area contributed by atoms with Crippen LogP contribution < -0.4 is 10.4 Å². The van der Waals surface area contributed by atoms with Gasteiger partial charge in [-0.3, -0.25) is 4.79 Å². The fourth-order valence-electron chi connectivity index (χ4n) is 4.65. The first-order valence-electron chi connectivity index (χ1n) is 12.3. The average molecular weight is 562 g/mol. The molecule has 0 unspecified atom stereocenters. The molecule has 34 heavy (non-hydrogen) atoms. The SMILES string of the molecule is CC(C)(C)[Si](C)(C)OC[C@H]1[C@@H](O[Si](c2ccccc2)(c2ccccc2)C(C)(C)C)CC(=O)[C@@H]1Br. The van der Waals surface area contributed by atoms with Gasteiger partial charge in [0.2, 0.25) is 0 Å². The Morgan fingerprint density at radius 2 is 1.32 bits per heavy atom. The van der Waals surface area contributed by atoms with Gasteiger partial charge < -0.3 is 8.85 Å². The van der Waals surface area contributed by atoms with Crippen molar-refractivity contribution in [3.05, 3.63) is 60.7 Å². The van der Waals surface area contributed by atoms with E-state index in [1.165, 1.54) is 10.4 Å². The summed E-state index contributed by atoms with van der Waals surface area (Å²) in [6.45, 7) is 18.7. The van der Waals surface area contributed by atoms with E-state index in [0.717, 1.165) is 0 Å². The van der Waals surface area contributed by atoms with Crippen molar-refractivity contribution in [1.82, 2.24) is 0 Å². The summed E-state index contributed by atoms with van der Waals surface area (Å²) in [5.41, 5.74) is 0. The molecule has 3 nitrogen and oxygen atoms in total. The second-order valence-corrected chi connectivity index (χ2v) is 22.2. The molecule has 1 aliphatic carbocycles. The average Bonchev–Trinajstić information content (AvgIpc) is 3.02. The number of halogens is 1. The predicted molar refractivity (Wildman–Crippen MR) is 151 cm³/mol. The molecule has 186 valence electrons. The Morgan fingerprint density at radius 3 is 1.74 bits per heavy atom.